The maximum atomic E-state index is 5.45. The summed E-state index contributed by atoms with van der Waals surface area (Å²) in [5.41, 5.74) is 0. The van der Waals surface area contributed by atoms with Crippen molar-refractivity contribution in [1.82, 2.24) is 20.4 Å². The number of likely N-dealkylation sites (N-methyl/N-ethyl adjacent to an activating group) is 1. The van der Waals surface area contributed by atoms with Gasteiger partial charge in [0, 0.05) is 19.0 Å². The second-order valence-electron chi connectivity index (χ2n) is 5.28. The number of nitrogens with zero attached hydrogens (tertiary/aromatic N) is 3. The quantitative estimate of drug-likeness (QED) is 0.828. The summed E-state index contributed by atoms with van der Waals surface area (Å²) in [6.07, 6.45) is 3.53. The number of piperidine rings is 1. The molecule has 0 spiro atoms. The Morgan fingerprint density at radius 1 is 1.35 bits per heavy atom. The Bertz CT molecular complexity index is 372. The minimum atomic E-state index is 0.435. The van der Waals surface area contributed by atoms with Gasteiger partial charge in [-0.1, -0.05) is 5.16 Å². The van der Waals surface area contributed by atoms with Crippen LogP contribution in [-0.4, -0.2) is 48.3 Å². The first-order chi connectivity index (χ1) is 8.33. The van der Waals surface area contributed by atoms with Gasteiger partial charge in [-0.25, -0.2) is 0 Å². The molecule has 0 radical (unpaired) electrons. The molecule has 1 N–H and O–H groups in total. The highest BCUT2D eigenvalue weighted by Crippen LogP contribution is 2.27. The maximum Gasteiger partial charge on any atom is 0.231 e. The van der Waals surface area contributed by atoms with Gasteiger partial charge in [0.1, 0.15) is 0 Å². The van der Waals surface area contributed by atoms with Crippen LogP contribution in [0.25, 0.3) is 0 Å². The van der Waals surface area contributed by atoms with Gasteiger partial charge >= 0.3 is 0 Å². The van der Waals surface area contributed by atoms with E-state index in [2.05, 4.69) is 27.4 Å². The van der Waals surface area contributed by atoms with Crippen molar-refractivity contribution in [3.63, 3.8) is 0 Å². The molecule has 2 fully saturated rings. The Hall–Kier alpha value is -0.940. The number of nitrogens with one attached hydrogen (secondary N) is 1. The average molecular weight is 236 g/mol. The van der Waals surface area contributed by atoms with Crippen LogP contribution in [0.2, 0.25) is 0 Å². The lowest BCUT2D eigenvalue weighted by Crippen LogP contribution is -2.30. The lowest BCUT2D eigenvalue weighted by atomic mass is 9.98. The van der Waals surface area contributed by atoms with Crippen molar-refractivity contribution in [3.8, 4) is 0 Å². The summed E-state index contributed by atoms with van der Waals surface area (Å²) in [4.78, 5) is 6.95. The lowest BCUT2D eigenvalue weighted by Gasteiger charge is -2.27. The highest BCUT2D eigenvalue weighted by Gasteiger charge is 2.27. The molecule has 3 rings (SSSR count). The first-order valence-corrected chi connectivity index (χ1v) is 6.55. The van der Waals surface area contributed by atoms with Gasteiger partial charge in [0.05, 0.1) is 5.92 Å². The van der Waals surface area contributed by atoms with Crippen molar-refractivity contribution >= 4 is 0 Å². The van der Waals surface area contributed by atoms with E-state index in [9.17, 15) is 0 Å². The van der Waals surface area contributed by atoms with Crippen molar-refractivity contribution in [2.45, 2.75) is 31.1 Å². The molecule has 0 amide bonds. The van der Waals surface area contributed by atoms with Crippen LogP contribution in [0.4, 0.5) is 0 Å². The molecule has 2 unspecified atom stereocenters. The van der Waals surface area contributed by atoms with Crippen LogP contribution in [0.5, 0.6) is 0 Å². The molecule has 2 saturated heterocycles. The van der Waals surface area contributed by atoms with E-state index in [1.807, 2.05) is 0 Å². The number of rotatable bonds is 2. The fraction of sp³-hybridized carbons (Fsp3) is 0.833. The molecule has 2 atom stereocenters. The van der Waals surface area contributed by atoms with Crippen LogP contribution in [0, 0.1) is 0 Å². The minimum Gasteiger partial charge on any atom is -0.339 e. The second-order valence-corrected chi connectivity index (χ2v) is 5.28. The van der Waals surface area contributed by atoms with Crippen molar-refractivity contribution in [3.05, 3.63) is 11.7 Å². The van der Waals surface area contributed by atoms with Gasteiger partial charge < -0.3 is 14.7 Å². The Morgan fingerprint density at radius 2 is 2.29 bits per heavy atom. The largest absolute Gasteiger partial charge is 0.339 e. The van der Waals surface area contributed by atoms with Crippen molar-refractivity contribution in [2.24, 2.45) is 0 Å². The fourth-order valence-corrected chi connectivity index (χ4v) is 2.82. The van der Waals surface area contributed by atoms with Crippen molar-refractivity contribution in [1.29, 1.82) is 0 Å². The number of aromatic nitrogens is 2. The third-order valence-corrected chi connectivity index (χ3v) is 3.86. The summed E-state index contributed by atoms with van der Waals surface area (Å²) in [6, 6.07) is 0. The molecule has 2 aliphatic rings. The predicted molar refractivity (Wildman–Crippen MR) is 64.0 cm³/mol. The van der Waals surface area contributed by atoms with Gasteiger partial charge in [-0.05, 0) is 39.4 Å². The van der Waals surface area contributed by atoms with E-state index in [1.165, 1.54) is 19.4 Å². The number of likely N-dealkylation sites (tertiary alicyclic amines) is 1. The Balaban J connectivity index is 1.70. The van der Waals surface area contributed by atoms with E-state index in [0.717, 1.165) is 37.8 Å². The summed E-state index contributed by atoms with van der Waals surface area (Å²) in [6.45, 7) is 4.29. The fourth-order valence-electron chi connectivity index (χ4n) is 2.82. The molecule has 17 heavy (non-hydrogen) atoms. The third kappa shape index (κ3) is 2.35. The zero-order valence-corrected chi connectivity index (χ0v) is 10.4. The Kier molecular flexibility index (Phi) is 3.11. The van der Waals surface area contributed by atoms with Gasteiger partial charge in [0.2, 0.25) is 5.89 Å². The normalized spacial score (nSPS) is 30.9. The van der Waals surface area contributed by atoms with Gasteiger partial charge in [0.25, 0.3) is 0 Å². The average Bonchev–Trinajstić information content (AvgIpc) is 3.00. The smallest absolute Gasteiger partial charge is 0.231 e. The summed E-state index contributed by atoms with van der Waals surface area (Å²) in [5, 5.41) is 7.49. The van der Waals surface area contributed by atoms with Crippen LogP contribution < -0.4 is 5.32 Å². The SMILES string of the molecule is CN1CCCC(c2nc(C3CCNC3)no2)C1. The first kappa shape index (κ1) is 11.2. The third-order valence-electron chi connectivity index (χ3n) is 3.86. The molecule has 0 saturated carbocycles. The Morgan fingerprint density at radius 3 is 3.06 bits per heavy atom. The van der Waals surface area contributed by atoms with Gasteiger partial charge in [-0.2, -0.15) is 4.98 Å². The summed E-state index contributed by atoms with van der Waals surface area (Å²) in [7, 11) is 2.16. The minimum absolute atomic E-state index is 0.435. The van der Waals surface area contributed by atoms with Crippen LogP contribution in [0.3, 0.4) is 0 Å². The lowest BCUT2D eigenvalue weighted by molar-refractivity contribution is 0.219. The van der Waals surface area contributed by atoms with Crippen molar-refractivity contribution in [2.75, 3.05) is 33.2 Å². The highest BCUT2D eigenvalue weighted by molar-refractivity contribution is 5.03. The van der Waals surface area contributed by atoms with Gasteiger partial charge in [-0.3, -0.25) is 0 Å². The Labute approximate surface area is 102 Å². The molecule has 0 aromatic carbocycles. The van der Waals surface area contributed by atoms with E-state index in [0.29, 0.717) is 11.8 Å². The van der Waals surface area contributed by atoms with Crippen molar-refractivity contribution < 1.29 is 4.52 Å². The summed E-state index contributed by atoms with van der Waals surface area (Å²) < 4.78 is 5.45. The summed E-state index contributed by atoms with van der Waals surface area (Å²) >= 11 is 0. The van der Waals surface area contributed by atoms with E-state index in [-0.39, 0.29) is 0 Å². The van der Waals surface area contributed by atoms with E-state index < -0.39 is 0 Å². The summed E-state index contributed by atoms with van der Waals surface area (Å²) in [5.74, 6) is 2.63. The van der Waals surface area contributed by atoms with Crippen LogP contribution in [0.15, 0.2) is 4.52 Å². The standard InChI is InChI=1S/C12H20N4O/c1-16-6-2-3-10(8-16)12-14-11(15-17-12)9-4-5-13-7-9/h9-10,13H,2-8H2,1H3. The van der Waals surface area contributed by atoms with E-state index >= 15 is 0 Å². The molecule has 5 heteroatoms. The number of hydrogen-bond acceptors (Lipinski definition) is 5. The molecule has 2 aliphatic heterocycles. The first-order valence-electron chi connectivity index (χ1n) is 6.55. The van der Waals surface area contributed by atoms with Crippen LogP contribution in [0.1, 0.15) is 42.8 Å². The van der Waals surface area contributed by atoms with E-state index in [1.54, 1.807) is 0 Å². The van der Waals surface area contributed by atoms with Crippen LogP contribution >= 0.6 is 0 Å². The zero-order valence-electron chi connectivity index (χ0n) is 10.4. The molecule has 0 bridgehead atoms. The maximum absolute atomic E-state index is 5.45. The molecule has 3 heterocycles. The molecular weight excluding hydrogens is 216 g/mol. The van der Waals surface area contributed by atoms with E-state index in [4.69, 9.17) is 4.52 Å². The molecule has 94 valence electrons. The molecule has 1 aromatic rings. The molecule has 0 aliphatic carbocycles. The van der Waals surface area contributed by atoms with Gasteiger partial charge in [-0.15, -0.1) is 0 Å². The predicted octanol–water partition coefficient (Wildman–Crippen LogP) is 0.956. The van der Waals surface area contributed by atoms with Gasteiger partial charge in [0.15, 0.2) is 5.82 Å². The number of hydrogen-bond donors (Lipinski definition) is 1. The molecule has 5 nitrogen and oxygen atoms in total. The molecule has 1 aromatic heterocycles. The monoisotopic (exact) mass is 236 g/mol. The second kappa shape index (κ2) is 4.74. The molecular formula is C12H20N4O. The van der Waals surface area contributed by atoms with Crippen LogP contribution in [-0.2, 0) is 0 Å². The topological polar surface area (TPSA) is 54.2 Å². The zero-order chi connectivity index (χ0) is 11.7. The highest BCUT2D eigenvalue weighted by atomic mass is 16.5.